The monoisotopic (exact) mass is 378 g/mol. The SMILES string of the molecule is c1cncc(Cn2ncc3[nH]c(-c4ccc(CN5CCCCC5)s4)nc32)c1. The average Bonchev–Trinajstić information content (AvgIpc) is 3.41. The van der Waals surface area contributed by atoms with Crippen LogP contribution in [-0.4, -0.2) is 42.7 Å². The molecular formula is C20H22N6S. The van der Waals surface area contributed by atoms with Gasteiger partial charge in [-0.3, -0.25) is 9.88 Å². The van der Waals surface area contributed by atoms with Gasteiger partial charge in [-0.25, -0.2) is 9.67 Å². The fourth-order valence-corrected chi connectivity index (χ4v) is 4.67. The molecule has 27 heavy (non-hydrogen) atoms. The molecule has 7 heteroatoms. The highest BCUT2D eigenvalue weighted by Crippen LogP contribution is 2.29. The number of aromatic nitrogens is 5. The third kappa shape index (κ3) is 3.52. The van der Waals surface area contributed by atoms with Gasteiger partial charge in [0.2, 0.25) is 0 Å². The first-order valence-corrected chi connectivity index (χ1v) is 10.3. The number of likely N-dealkylation sites (tertiary alicyclic amines) is 1. The summed E-state index contributed by atoms with van der Waals surface area (Å²) in [6.07, 6.45) is 9.54. The first-order chi connectivity index (χ1) is 13.3. The Balaban J connectivity index is 1.36. The summed E-state index contributed by atoms with van der Waals surface area (Å²) in [6, 6.07) is 8.42. The molecule has 0 saturated carbocycles. The number of pyridine rings is 1. The van der Waals surface area contributed by atoms with Gasteiger partial charge in [-0.2, -0.15) is 5.10 Å². The zero-order valence-electron chi connectivity index (χ0n) is 15.1. The van der Waals surface area contributed by atoms with Crippen molar-refractivity contribution in [2.24, 2.45) is 0 Å². The first kappa shape index (κ1) is 16.6. The van der Waals surface area contributed by atoms with E-state index < -0.39 is 0 Å². The van der Waals surface area contributed by atoms with E-state index in [-0.39, 0.29) is 0 Å². The molecule has 5 rings (SSSR count). The quantitative estimate of drug-likeness (QED) is 0.572. The van der Waals surface area contributed by atoms with Crippen molar-refractivity contribution >= 4 is 22.5 Å². The number of hydrogen-bond acceptors (Lipinski definition) is 5. The van der Waals surface area contributed by atoms with Crippen LogP contribution < -0.4 is 0 Å². The number of piperidine rings is 1. The van der Waals surface area contributed by atoms with Crippen molar-refractivity contribution in [2.45, 2.75) is 32.4 Å². The van der Waals surface area contributed by atoms with E-state index in [0.717, 1.165) is 29.1 Å². The van der Waals surface area contributed by atoms with E-state index in [1.165, 1.54) is 42.1 Å². The highest BCUT2D eigenvalue weighted by molar-refractivity contribution is 7.15. The second-order valence-corrected chi connectivity index (χ2v) is 8.26. The lowest BCUT2D eigenvalue weighted by Crippen LogP contribution is -2.28. The molecule has 1 aliphatic heterocycles. The highest BCUT2D eigenvalue weighted by atomic mass is 32.1. The van der Waals surface area contributed by atoms with E-state index in [0.29, 0.717) is 6.54 Å². The molecule has 5 heterocycles. The molecule has 1 aliphatic rings. The zero-order valence-corrected chi connectivity index (χ0v) is 16.0. The Morgan fingerprint density at radius 3 is 2.81 bits per heavy atom. The van der Waals surface area contributed by atoms with E-state index >= 15 is 0 Å². The van der Waals surface area contributed by atoms with Crippen LogP contribution in [0.15, 0.2) is 42.9 Å². The normalized spacial score (nSPS) is 15.6. The smallest absolute Gasteiger partial charge is 0.177 e. The van der Waals surface area contributed by atoms with Gasteiger partial charge in [0.15, 0.2) is 11.5 Å². The van der Waals surface area contributed by atoms with Gasteiger partial charge in [-0.15, -0.1) is 11.3 Å². The van der Waals surface area contributed by atoms with Crippen LogP contribution in [0.5, 0.6) is 0 Å². The van der Waals surface area contributed by atoms with Crippen molar-refractivity contribution in [3.05, 3.63) is 53.3 Å². The molecule has 0 radical (unpaired) electrons. The van der Waals surface area contributed by atoms with Crippen molar-refractivity contribution in [1.29, 1.82) is 0 Å². The summed E-state index contributed by atoms with van der Waals surface area (Å²) in [5.74, 6) is 0.928. The van der Waals surface area contributed by atoms with Crippen LogP contribution >= 0.6 is 11.3 Å². The Bertz CT molecular complexity index is 1030. The summed E-state index contributed by atoms with van der Waals surface area (Å²) >= 11 is 1.83. The summed E-state index contributed by atoms with van der Waals surface area (Å²) in [5, 5.41) is 4.46. The van der Waals surface area contributed by atoms with Crippen molar-refractivity contribution in [3.63, 3.8) is 0 Å². The van der Waals surface area contributed by atoms with Crippen LogP contribution in [0.1, 0.15) is 29.7 Å². The third-order valence-electron chi connectivity index (χ3n) is 5.06. The molecule has 0 bridgehead atoms. The molecule has 0 aliphatic carbocycles. The van der Waals surface area contributed by atoms with Gasteiger partial charge in [-0.05, 0) is 49.7 Å². The Labute approximate surface area is 161 Å². The predicted octanol–water partition coefficient (Wildman–Crippen LogP) is 3.92. The lowest BCUT2D eigenvalue weighted by atomic mass is 10.1. The summed E-state index contributed by atoms with van der Waals surface area (Å²) in [7, 11) is 0. The number of nitrogens with zero attached hydrogens (tertiary/aromatic N) is 5. The Morgan fingerprint density at radius 2 is 1.96 bits per heavy atom. The van der Waals surface area contributed by atoms with Crippen LogP contribution in [0, 0.1) is 0 Å². The second kappa shape index (κ2) is 7.25. The highest BCUT2D eigenvalue weighted by Gasteiger charge is 2.15. The fourth-order valence-electron chi connectivity index (χ4n) is 3.67. The van der Waals surface area contributed by atoms with Crippen molar-refractivity contribution in [2.75, 3.05) is 13.1 Å². The van der Waals surface area contributed by atoms with E-state index in [2.05, 4.69) is 38.2 Å². The second-order valence-electron chi connectivity index (χ2n) is 7.09. The van der Waals surface area contributed by atoms with E-state index in [4.69, 9.17) is 4.98 Å². The van der Waals surface area contributed by atoms with Gasteiger partial charge in [0.25, 0.3) is 0 Å². The lowest BCUT2D eigenvalue weighted by molar-refractivity contribution is 0.222. The number of H-pyrrole nitrogens is 1. The van der Waals surface area contributed by atoms with E-state index in [1.54, 1.807) is 6.20 Å². The Kier molecular flexibility index (Phi) is 4.47. The molecule has 0 atom stereocenters. The number of fused-ring (bicyclic) bond motifs is 1. The van der Waals surface area contributed by atoms with E-state index in [9.17, 15) is 0 Å². The maximum Gasteiger partial charge on any atom is 0.177 e. The van der Waals surface area contributed by atoms with Crippen molar-refractivity contribution < 1.29 is 0 Å². The molecule has 0 spiro atoms. The number of thiophene rings is 1. The topological polar surface area (TPSA) is 62.6 Å². The summed E-state index contributed by atoms with van der Waals surface area (Å²) in [5.41, 5.74) is 2.98. The molecule has 4 aromatic heterocycles. The Hall–Kier alpha value is -2.51. The molecular weight excluding hydrogens is 356 g/mol. The van der Waals surface area contributed by atoms with Crippen LogP contribution in [0.4, 0.5) is 0 Å². The fraction of sp³-hybridized carbons (Fsp3) is 0.350. The largest absolute Gasteiger partial charge is 0.335 e. The molecule has 1 N–H and O–H groups in total. The minimum absolute atomic E-state index is 0.673. The molecule has 1 fully saturated rings. The van der Waals surface area contributed by atoms with Crippen LogP contribution in [0.25, 0.3) is 21.9 Å². The first-order valence-electron chi connectivity index (χ1n) is 9.47. The predicted molar refractivity (Wildman–Crippen MR) is 108 cm³/mol. The van der Waals surface area contributed by atoms with Gasteiger partial charge in [0, 0.05) is 23.8 Å². The maximum absolute atomic E-state index is 4.82. The number of imidazole rings is 1. The van der Waals surface area contributed by atoms with Crippen LogP contribution in [-0.2, 0) is 13.1 Å². The van der Waals surface area contributed by atoms with Crippen molar-refractivity contribution in [3.8, 4) is 10.7 Å². The van der Waals surface area contributed by atoms with Crippen molar-refractivity contribution in [1.82, 2.24) is 29.6 Å². The molecule has 6 nitrogen and oxygen atoms in total. The summed E-state index contributed by atoms with van der Waals surface area (Å²) < 4.78 is 1.93. The molecule has 0 unspecified atom stereocenters. The molecule has 4 aromatic rings. The zero-order chi connectivity index (χ0) is 18.1. The van der Waals surface area contributed by atoms with Gasteiger partial charge >= 0.3 is 0 Å². The number of rotatable bonds is 5. The molecule has 1 saturated heterocycles. The Morgan fingerprint density at radius 1 is 1.04 bits per heavy atom. The summed E-state index contributed by atoms with van der Waals surface area (Å²) in [4.78, 5) is 17.6. The number of nitrogens with one attached hydrogen (secondary N) is 1. The van der Waals surface area contributed by atoms with Gasteiger partial charge in [0.1, 0.15) is 5.52 Å². The molecule has 0 amide bonds. The average molecular weight is 379 g/mol. The van der Waals surface area contributed by atoms with Gasteiger partial charge in [-0.1, -0.05) is 12.5 Å². The minimum atomic E-state index is 0.673. The van der Waals surface area contributed by atoms with Gasteiger partial charge < -0.3 is 4.98 Å². The lowest BCUT2D eigenvalue weighted by Gasteiger charge is -2.25. The van der Waals surface area contributed by atoms with Crippen LogP contribution in [0.2, 0.25) is 0 Å². The molecule has 0 aromatic carbocycles. The number of aromatic amines is 1. The minimum Gasteiger partial charge on any atom is -0.335 e. The summed E-state index contributed by atoms with van der Waals surface area (Å²) in [6.45, 7) is 4.18. The van der Waals surface area contributed by atoms with Gasteiger partial charge in [0.05, 0.1) is 17.6 Å². The van der Waals surface area contributed by atoms with Crippen LogP contribution in [0.3, 0.4) is 0 Å². The standard InChI is InChI=1S/C20H22N6S/c1-2-9-25(10-3-1)14-16-6-7-18(27-16)19-23-17-12-22-26(20(17)24-19)13-15-5-4-8-21-11-15/h4-8,11-12H,1-3,9-10,13-14H2,(H,23,24). The molecule has 138 valence electrons. The maximum atomic E-state index is 4.82. The van der Waals surface area contributed by atoms with E-state index in [1.807, 2.05) is 34.5 Å². The number of hydrogen-bond donors (Lipinski definition) is 1. The third-order valence-corrected chi connectivity index (χ3v) is 6.14.